The highest BCUT2D eigenvalue weighted by molar-refractivity contribution is 8.18. The predicted molar refractivity (Wildman–Crippen MR) is 143 cm³/mol. The molecule has 37 heavy (non-hydrogen) atoms. The van der Waals surface area contributed by atoms with E-state index in [4.69, 9.17) is 25.8 Å². The van der Waals surface area contributed by atoms with Gasteiger partial charge in [0.2, 0.25) is 5.91 Å². The molecular weight excluding hydrogens is 516 g/mol. The highest BCUT2D eigenvalue weighted by atomic mass is 35.5. The number of ether oxygens (including phenoxy) is 3. The average molecular weight is 541 g/mol. The van der Waals surface area contributed by atoms with Gasteiger partial charge in [0.15, 0.2) is 11.5 Å². The van der Waals surface area contributed by atoms with Crippen LogP contribution >= 0.6 is 23.4 Å². The molecule has 192 valence electrons. The molecule has 1 N–H and O–H groups in total. The topological polar surface area (TPSA) is 118 Å². The zero-order valence-electron chi connectivity index (χ0n) is 20.5. The van der Waals surface area contributed by atoms with Gasteiger partial charge in [0.1, 0.15) is 23.0 Å². The minimum Gasteiger partial charge on any atom is -0.506 e. The lowest BCUT2D eigenvalue weighted by atomic mass is 10.1. The van der Waals surface area contributed by atoms with E-state index in [0.29, 0.717) is 33.8 Å². The van der Waals surface area contributed by atoms with Crippen LogP contribution in [-0.4, -0.2) is 35.7 Å². The second kappa shape index (κ2) is 13.0. The summed E-state index contributed by atoms with van der Waals surface area (Å²) in [5, 5.41) is 20.4. The summed E-state index contributed by atoms with van der Waals surface area (Å²) < 4.78 is 16.4. The Morgan fingerprint density at radius 1 is 1.24 bits per heavy atom. The predicted octanol–water partition coefficient (Wildman–Crippen LogP) is 5.99. The molecule has 0 atom stereocenters. The van der Waals surface area contributed by atoms with Crippen molar-refractivity contribution in [2.45, 2.75) is 33.3 Å². The lowest BCUT2D eigenvalue weighted by Crippen LogP contribution is -2.14. The van der Waals surface area contributed by atoms with Gasteiger partial charge in [0.25, 0.3) is 0 Å². The highest BCUT2D eigenvalue weighted by Gasteiger charge is 2.33. The van der Waals surface area contributed by atoms with E-state index in [1.165, 1.54) is 7.11 Å². The Bertz CT molecular complexity index is 1340. The fourth-order valence-electron chi connectivity index (χ4n) is 3.39. The highest BCUT2D eigenvalue weighted by Crippen LogP contribution is 2.42. The van der Waals surface area contributed by atoms with Crippen LogP contribution < -0.4 is 9.47 Å². The Balaban J connectivity index is 1.95. The number of aliphatic hydroxyl groups excluding tert-OH is 1. The third kappa shape index (κ3) is 6.73. The summed E-state index contributed by atoms with van der Waals surface area (Å²) in [7, 11) is 1.46. The molecule has 0 spiro atoms. The number of aliphatic imine (C=N–C) groups is 1. The van der Waals surface area contributed by atoms with Crippen molar-refractivity contribution in [3.05, 3.63) is 74.3 Å². The summed E-state index contributed by atoms with van der Waals surface area (Å²) in [4.78, 5) is 28.9. The van der Waals surface area contributed by atoms with E-state index in [2.05, 4.69) is 11.1 Å². The van der Waals surface area contributed by atoms with E-state index in [1.807, 2.05) is 13.0 Å². The van der Waals surface area contributed by atoms with Crippen LogP contribution in [0.25, 0.3) is 6.08 Å². The molecule has 0 unspecified atom stereocenters. The smallest absolute Gasteiger partial charge is 0.344 e. The van der Waals surface area contributed by atoms with E-state index in [1.54, 1.807) is 43.3 Å². The van der Waals surface area contributed by atoms with Crippen LogP contribution in [0.1, 0.15) is 43.4 Å². The number of methoxy groups -OCH3 is 1. The van der Waals surface area contributed by atoms with Gasteiger partial charge in [-0.25, -0.2) is 9.79 Å². The van der Waals surface area contributed by atoms with Gasteiger partial charge in [-0.3, -0.25) is 4.79 Å². The largest absolute Gasteiger partial charge is 0.506 e. The van der Waals surface area contributed by atoms with Crippen LogP contribution in [0, 0.1) is 11.3 Å². The second-order valence-corrected chi connectivity index (χ2v) is 9.15. The third-order valence-electron chi connectivity index (χ3n) is 5.12. The van der Waals surface area contributed by atoms with E-state index in [-0.39, 0.29) is 46.8 Å². The van der Waals surface area contributed by atoms with Gasteiger partial charge in [-0.1, -0.05) is 48.5 Å². The lowest BCUT2D eigenvalue weighted by Gasteiger charge is -2.14. The monoisotopic (exact) mass is 540 g/mol. The fourth-order valence-corrected chi connectivity index (χ4v) is 4.70. The molecule has 0 bridgehead atoms. The number of amides is 1. The minimum atomic E-state index is -0.768. The molecule has 0 aromatic heterocycles. The molecule has 10 heteroatoms. The third-order valence-corrected chi connectivity index (χ3v) is 6.42. The molecule has 0 saturated heterocycles. The molecule has 2 aromatic carbocycles. The number of carbonyl (C=O) groups is 2. The maximum atomic E-state index is 12.5. The van der Waals surface area contributed by atoms with Crippen LogP contribution in [0.5, 0.6) is 11.5 Å². The standard InChI is InChI=1S/C27H25ClN2O6S/c1-4-8-22(31)30-26-23(27(33)35-5-2)24(32)21(37-26)13-16-11-19(28)25(20(12-16)34-3)36-15-18-10-7-6-9-17(18)14-29/h6-7,9-13,32H,4-5,8,15H2,1-3H3/b21-13-,30-26?. The molecule has 0 aliphatic carbocycles. The maximum Gasteiger partial charge on any atom is 0.344 e. The van der Waals surface area contributed by atoms with Crippen molar-refractivity contribution >= 4 is 46.4 Å². The van der Waals surface area contributed by atoms with Crippen molar-refractivity contribution in [1.29, 1.82) is 5.26 Å². The van der Waals surface area contributed by atoms with Crippen molar-refractivity contribution in [1.82, 2.24) is 0 Å². The number of hydrogen-bond acceptors (Lipinski definition) is 8. The normalized spacial score (nSPS) is 15.1. The second-order valence-electron chi connectivity index (χ2n) is 7.71. The number of halogens is 1. The maximum absolute atomic E-state index is 12.5. The number of benzene rings is 2. The van der Waals surface area contributed by atoms with E-state index < -0.39 is 11.9 Å². The molecule has 1 aliphatic rings. The molecule has 1 amide bonds. The van der Waals surface area contributed by atoms with Crippen LogP contribution in [0.3, 0.4) is 0 Å². The van der Waals surface area contributed by atoms with Crippen LogP contribution in [0.4, 0.5) is 0 Å². The van der Waals surface area contributed by atoms with Gasteiger partial charge in [-0.2, -0.15) is 5.26 Å². The summed E-state index contributed by atoms with van der Waals surface area (Å²) >= 11 is 7.49. The SMILES string of the molecule is CCCC(=O)N=C1S/C(=C\c2cc(Cl)c(OCc3ccccc3C#N)c(OC)c2)C(O)=C1C(=O)OCC. The first-order valence-electron chi connectivity index (χ1n) is 11.4. The van der Waals surface area contributed by atoms with Crippen LogP contribution in [0.2, 0.25) is 5.02 Å². The summed E-state index contributed by atoms with van der Waals surface area (Å²) in [6.45, 7) is 3.69. The van der Waals surface area contributed by atoms with Gasteiger partial charge in [-0.05, 0) is 43.2 Å². The summed E-state index contributed by atoms with van der Waals surface area (Å²) in [6, 6.07) is 12.5. The minimum absolute atomic E-state index is 0.0785. The Morgan fingerprint density at radius 3 is 2.68 bits per heavy atom. The van der Waals surface area contributed by atoms with Crippen molar-refractivity contribution in [3.63, 3.8) is 0 Å². The van der Waals surface area contributed by atoms with Crippen molar-refractivity contribution in [3.8, 4) is 17.6 Å². The van der Waals surface area contributed by atoms with Crippen molar-refractivity contribution < 1.29 is 28.9 Å². The molecular formula is C27H25ClN2O6S. The summed E-state index contributed by atoms with van der Waals surface area (Å²) in [5.41, 5.74) is 1.58. The van der Waals surface area contributed by atoms with Gasteiger partial charge in [-0.15, -0.1) is 0 Å². The Hall–Kier alpha value is -3.74. The van der Waals surface area contributed by atoms with E-state index >= 15 is 0 Å². The Morgan fingerprint density at radius 2 is 2.00 bits per heavy atom. The number of esters is 1. The molecule has 1 aliphatic heterocycles. The number of nitriles is 1. The van der Waals surface area contributed by atoms with Gasteiger partial charge in [0.05, 0.1) is 35.3 Å². The molecule has 3 rings (SSSR count). The molecule has 0 saturated carbocycles. The lowest BCUT2D eigenvalue weighted by molar-refractivity contribution is -0.138. The number of aliphatic hydroxyl groups is 1. The average Bonchev–Trinajstić information content (AvgIpc) is 3.17. The molecule has 1 heterocycles. The number of carbonyl (C=O) groups excluding carboxylic acids is 2. The molecule has 0 radical (unpaired) electrons. The number of nitrogens with zero attached hydrogens (tertiary/aromatic N) is 2. The van der Waals surface area contributed by atoms with Gasteiger partial charge < -0.3 is 19.3 Å². The number of thioether (sulfide) groups is 1. The number of rotatable bonds is 9. The molecule has 8 nitrogen and oxygen atoms in total. The van der Waals surface area contributed by atoms with Crippen LogP contribution in [-0.2, 0) is 20.9 Å². The van der Waals surface area contributed by atoms with E-state index in [9.17, 15) is 20.0 Å². The molecule has 0 fully saturated rings. The number of hydrogen-bond donors (Lipinski definition) is 1. The van der Waals surface area contributed by atoms with E-state index in [0.717, 1.165) is 11.8 Å². The Kier molecular flexibility index (Phi) is 9.78. The summed E-state index contributed by atoms with van der Waals surface area (Å²) in [6.07, 6.45) is 2.41. The summed E-state index contributed by atoms with van der Waals surface area (Å²) in [5.74, 6) is -0.883. The first kappa shape index (κ1) is 27.8. The fraction of sp³-hybridized carbons (Fsp3) is 0.259. The Labute approximate surface area is 224 Å². The van der Waals surface area contributed by atoms with Gasteiger partial charge in [0, 0.05) is 12.0 Å². The van der Waals surface area contributed by atoms with Crippen molar-refractivity contribution in [2.75, 3.05) is 13.7 Å². The molecule has 2 aromatic rings. The zero-order chi connectivity index (χ0) is 26.9. The zero-order valence-corrected chi connectivity index (χ0v) is 22.1. The first-order valence-corrected chi connectivity index (χ1v) is 12.6. The van der Waals surface area contributed by atoms with Crippen molar-refractivity contribution in [2.24, 2.45) is 4.99 Å². The van der Waals surface area contributed by atoms with Gasteiger partial charge >= 0.3 is 5.97 Å². The van der Waals surface area contributed by atoms with Crippen LogP contribution in [0.15, 0.2) is 57.6 Å². The quantitative estimate of drug-likeness (QED) is 0.385. The first-order chi connectivity index (χ1) is 17.8.